The van der Waals surface area contributed by atoms with Crippen LogP contribution in [0.3, 0.4) is 0 Å². The topological polar surface area (TPSA) is 96.5 Å². The largest absolute Gasteiger partial charge is 0.457 e. The summed E-state index contributed by atoms with van der Waals surface area (Å²) >= 11 is 0. The fourth-order valence-electron chi connectivity index (χ4n) is 4.01. The monoisotopic (exact) mass is 533 g/mol. The van der Waals surface area contributed by atoms with Crippen molar-refractivity contribution in [2.75, 3.05) is 17.2 Å². The third-order valence-electron chi connectivity index (χ3n) is 5.80. The van der Waals surface area contributed by atoms with Crippen molar-refractivity contribution in [2.45, 2.75) is 17.8 Å². The van der Waals surface area contributed by atoms with Crippen LogP contribution in [-0.4, -0.2) is 12.4 Å². The molecule has 0 bridgehead atoms. The Hall–Kier alpha value is -4.54. The van der Waals surface area contributed by atoms with Crippen molar-refractivity contribution in [1.29, 1.82) is 0 Å². The van der Waals surface area contributed by atoms with Gasteiger partial charge in [-0.05, 0) is 72.3 Å². The van der Waals surface area contributed by atoms with Gasteiger partial charge < -0.3 is 26.7 Å². The molecule has 0 atom stereocenters. The third kappa shape index (κ3) is 4.99. The number of halogens is 6. The van der Waals surface area contributed by atoms with E-state index < -0.39 is 34.6 Å². The molecule has 4 aromatic rings. The maximum absolute atomic E-state index is 14.5. The highest BCUT2D eigenvalue weighted by Crippen LogP contribution is 2.58. The molecular formula is C27H21F6N3O2. The van der Waals surface area contributed by atoms with Crippen molar-refractivity contribution < 1.29 is 35.8 Å². The summed E-state index contributed by atoms with van der Waals surface area (Å²) in [6, 6.07) is 18.1. The fourth-order valence-corrected chi connectivity index (χ4v) is 4.01. The average molecular weight is 533 g/mol. The summed E-state index contributed by atoms with van der Waals surface area (Å²) in [6.45, 7) is 0. The lowest BCUT2D eigenvalue weighted by atomic mass is 9.72. The van der Waals surface area contributed by atoms with Crippen LogP contribution in [0.25, 0.3) is 0 Å². The van der Waals surface area contributed by atoms with Crippen LogP contribution in [0.4, 0.5) is 43.4 Å². The standard InChI is InChI=1S/C27H21F6N3O2/c28-26(29,30)25(27(31,32)33,16-1-7-19(8-2-16)37-20-9-3-17(34)4-10-20)23-14-13-22(15-24(23)36)38-21-11-5-18(35)6-12-21/h1-15H,34-36H2. The second-order valence-electron chi connectivity index (χ2n) is 8.36. The van der Waals surface area contributed by atoms with Gasteiger partial charge in [0.25, 0.3) is 0 Å². The second-order valence-corrected chi connectivity index (χ2v) is 8.36. The summed E-state index contributed by atoms with van der Waals surface area (Å²) < 4.78 is 98.2. The van der Waals surface area contributed by atoms with E-state index in [0.717, 1.165) is 24.3 Å². The molecule has 4 rings (SSSR count). The Morgan fingerprint density at radius 3 is 1.24 bits per heavy atom. The maximum atomic E-state index is 14.5. The van der Waals surface area contributed by atoms with Crippen molar-refractivity contribution in [3.63, 3.8) is 0 Å². The number of benzene rings is 4. The van der Waals surface area contributed by atoms with E-state index in [4.69, 9.17) is 26.7 Å². The van der Waals surface area contributed by atoms with E-state index in [0.29, 0.717) is 35.3 Å². The van der Waals surface area contributed by atoms with Gasteiger partial charge in [-0.2, -0.15) is 26.3 Å². The van der Waals surface area contributed by atoms with Gasteiger partial charge in [0.05, 0.1) is 0 Å². The summed E-state index contributed by atoms with van der Waals surface area (Å²) in [7, 11) is 0. The molecule has 0 radical (unpaired) electrons. The number of alkyl halides is 6. The second kappa shape index (κ2) is 9.73. The maximum Gasteiger partial charge on any atom is 0.411 e. The zero-order valence-electron chi connectivity index (χ0n) is 19.5. The quantitative estimate of drug-likeness (QED) is 0.177. The number of hydrogen-bond acceptors (Lipinski definition) is 5. The lowest BCUT2D eigenvalue weighted by molar-refractivity contribution is -0.288. The first-order chi connectivity index (χ1) is 17.8. The first-order valence-electron chi connectivity index (χ1n) is 11.0. The van der Waals surface area contributed by atoms with Crippen LogP contribution in [0.5, 0.6) is 23.0 Å². The summed E-state index contributed by atoms with van der Waals surface area (Å²) in [6.07, 6.45) is -11.6. The molecule has 11 heteroatoms. The number of nitrogen functional groups attached to an aromatic ring is 3. The van der Waals surface area contributed by atoms with E-state index in [1.165, 1.54) is 48.5 Å². The third-order valence-corrected chi connectivity index (χ3v) is 5.80. The molecule has 198 valence electrons. The van der Waals surface area contributed by atoms with Crippen LogP contribution in [0.1, 0.15) is 11.1 Å². The molecule has 6 N–H and O–H groups in total. The van der Waals surface area contributed by atoms with Gasteiger partial charge in [0.15, 0.2) is 0 Å². The van der Waals surface area contributed by atoms with Crippen LogP contribution >= 0.6 is 0 Å². The first-order valence-corrected chi connectivity index (χ1v) is 11.0. The van der Waals surface area contributed by atoms with Crippen LogP contribution in [0, 0.1) is 0 Å². The van der Waals surface area contributed by atoms with Crippen LogP contribution in [0.15, 0.2) is 91.0 Å². The molecule has 0 spiro atoms. The molecule has 38 heavy (non-hydrogen) atoms. The molecule has 0 unspecified atom stereocenters. The number of rotatable bonds is 6. The molecule has 0 fully saturated rings. The van der Waals surface area contributed by atoms with Gasteiger partial charge >= 0.3 is 12.4 Å². The zero-order chi connectivity index (χ0) is 27.7. The summed E-state index contributed by atoms with van der Waals surface area (Å²) in [4.78, 5) is 0. The minimum Gasteiger partial charge on any atom is -0.457 e. The van der Waals surface area contributed by atoms with Crippen molar-refractivity contribution >= 4 is 17.1 Å². The lowest BCUT2D eigenvalue weighted by Gasteiger charge is -2.39. The van der Waals surface area contributed by atoms with Gasteiger partial charge in [0.2, 0.25) is 5.41 Å². The van der Waals surface area contributed by atoms with Crippen molar-refractivity contribution in [1.82, 2.24) is 0 Å². The molecule has 0 heterocycles. The highest BCUT2D eigenvalue weighted by Gasteiger charge is 2.73. The normalized spacial score (nSPS) is 12.3. The summed E-state index contributed by atoms with van der Waals surface area (Å²) in [5.41, 5.74) is 10.5. The van der Waals surface area contributed by atoms with Crippen molar-refractivity contribution in [2.24, 2.45) is 0 Å². The predicted octanol–water partition coefficient (Wildman–Crippen LogP) is 7.43. The highest BCUT2D eigenvalue weighted by molar-refractivity contribution is 5.61. The summed E-state index contributed by atoms with van der Waals surface area (Å²) in [5, 5.41) is 0. The van der Waals surface area contributed by atoms with Crippen molar-refractivity contribution in [3.8, 4) is 23.0 Å². The van der Waals surface area contributed by atoms with E-state index in [-0.39, 0.29) is 17.2 Å². The minimum atomic E-state index is -5.81. The highest BCUT2D eigenvalue weighted by atomic mass is 19.4. The smallest absolute Gasteiger partial charge is 0.411 e. The Balaban J connectivity index is 1.76. The molecule has 0 aliphatic heterocycles. The van der Waals surface area contributed by atoms with Gasteiger partial charge in [-0.15, -0.1) is 0 Å². The molecule has 4 aromatic carbocycles. The molecule has 5 nitrogen and oxygen atoms in total. The van der Waals surface area contributed by atoms with Crippen LogP contribution in [0.2, 0.25) is 0 Å². The Kier molecular flexibility index (Phi) is 6.79. The number of anilines is 3. The van der Waals surface area contributed by atoms with E-state index in [9.17, 15) is 26.3 Å². The van der Waals surface area contributed by atoms with E-state index in [1.54, 1.807) is 0 Å². The fraction of sp³-hybridized carbons (Fsp3) is 0.111. The molecule has 0 saturated heterocycles. The molecular weight excluding hydrogens is 512 g/mol. The summed E-state index contributed by atoms with van der Waals surface area (Å²) in [5.74, 6) is 0.533. The Morgan fingerprint density at radius 1 is 0.474 bits per heavy atom. The SMILES string of the molecule is Nc1ccc(Oc2ccc(C(c3ccc(Oc4ccc(N)cc4)cc3N)(C(F)(F)F)C(F)(F)F)cc2)cc1. The van der Waals surface area contributed by atoms with Crippen molar-refractivity contribution in [3.05, 3.63) is 102 Å². The van der Waals surface area contributed by atoms with E-state index >= 15 is 0 Å². The Bertz CT molecular complexity index is 1390. The Labute approximate surface area is 213 Å². The molecule has 0 saturated carbocycles. The zero-order valence-corrected chi connectivity index (χ0v) is 19.5. The van der Waals surface area contributed by atoms with E-state index in [1.807, 2.05) is 0 Å². The minimum absolute atomic E-state index is 0.0250. The Morgan fingerprint density at radius 2 is 0.842 bits per heavy atom. The molecule has 0 aliphatic rings. The first kappa shape index (κ1) is 26.5. The number of nitrogens with two attached hydrogens (primary N) is 3. The van der Waals surface area contributed by atoms with Gasteiger partial charge in [-0.1, -0.05) is 18.2 Å². The average Bonchev–Trinajstić information content (AvgIpc) is 2.83. The van der Waals surface area contributed by atoms with Gasteiger partial charge in [0, 0.05) is 28.7 Å². The predicted molar refractivity (Wildman–Crippen MR) is 132 cm³/mol. The van der Waals surface area contributed by atoms with Gasteiger partial charge in [-0.25, -0.2) is 0 Å². The molecule has 0 aromatic heterocycles. The molecule has 0 amide bonds. The van der Waals surface area contributed by atoms with Gasteiger partial charge in [0.1, 0.15) is 23.0 Å². The number of hydrogen-bond donors (Lipinski definition) is 3. The molecule has 0 aliphatic carbocycles. The van der Waals surface area contributed by atoms with Crippen LogP contribution < -0.4 is 26.7 Å². The van der Waals surface area contributed by atoms with E-state index in [2.05, 4.69) is 0 Å². The van der Waals surface area contributed by atoms with Gasteiger partial charge in [-0.3, -0.25) is 0 Å². The number of ether oxygens (including phenoxy) is 2. The van der Waals surface area contributed by atoms with Crippen LogP contribution in [-0.2, 0) is 5.41 Å². The lowest BCUT2D eigenvalue weighted by Crippen LogP contribution is -2.55.